The number of ether oxygens (including phenoxy) is 4. The van der Waals surface area contributed by atoms with E-state index in [2.05, 4.69) is 0 Å². The molecule has 0 amide bonds. The predicted molar refractivity (Wildman–Crippen MR) is 156 cm³/mol. The summed E-state index contributed by atoms with van der Waals surface area (Å²) in [5, 5.41) is 27.6. The normalized spacial score (nSPS) is 35.7. The lowest BCUT2D eigenvalue weighted by Gasteiger charge is -2.37. The number of carboxylic acids is 3. The third-order valence-corrected chi connectivity index (χ3v) is 10.7. The lowest BCUT2D eigenvalue weighted by molar-refractivity contribution is -0.153. The van der Waals surface area contributed by atoms with Gasteiger partial charge >= 0.3 is 23.9 Å². The second-order valence-corrected chi connectivity index (χ2v) is 14.2. The van der Waals surface area contributed by atoms with Crippen molar-refractivity contribution >= 4 is 23.9 Å². The number of carboxylic acid groups (broad SMARTS) is 3. The van der Waals surface area contributed by atoms with Crippen LogP contribution in [-0.4, -0.2) is 82.4 Å². The van der Waals surface area contributed by atoms with Gasteiger partial charge in [0.05, 0.1) is 48.6 Å². The van der Waals surface area contributed by atoms with Crippen LogP contribution in [0.25, 0.3) is 0 Å². The highest BCUT2D eigenvalue weighted by atomic mass is 16.6. The number of carbonyl (C=O) groups is 4. The summed E-state index contributed by atoms with van der Waals surface area (Å²) in [5.74, 6) is -1.40. The summed E-state index contributed by atoms with van der Waals surface area (Å²) in [7, 11) is 0. The number of carbonyl (C=O) groups excluding carboxylic acids is 1. The molecule has 6 aliphatic rings. The molecule has 3 N–H and O–H groups in total. The summed E-state index contributed by atoms with van der Waals surface area (Å²) in [5.41, 5.74) is -0.797. The number of hydrogen-bond acceptors (Lipinski definition) is 8. The molecule has 9 unspecified atom stereocenters. The first-order chi connectivity index (χ1) is 21.1. The minimum Gasteiger partial charge on any atom is -0.481 e. The number of hydrogen-bond donors (Lipinski definition) is 3. The van der Waals surface area contributed by atoms with E-state index in [1.54, 1.807) is 0 Å². The van der Waals surface area contributed by atoms with E-state index in [9.17, 15) is 24.3 Å². The van der Waals surface area contributed by atoms with Crippen molar-refractivity contribution in [3.05, 3.63) is 0 Å². The molecule has 6 fully saturated rings. The summed E-state index contributed by atoms with van der Waals surface area (Å²) < 4.78 is 21.9. The Morgan fingerprint density at radius 2 is 1.05 bits per heavy atom. The molecule has 248 valence electrons. The standard InChI is InChI=1S/C20H30O6.C13H20O5/c21-18(22)2-1-7-20(19(23)24,10-12-3-5-14-16(8-12)25-14)11-13-4-6-15-17(9-13)26-15;14-12(15)3-1-2-4-13(16)17-8-9-5-6-10-11(7-9)18-10/h12-17H,1-11H2,(H,21,22)(H,23,24);9-11H,1-8H2,(H,14,15). The number of unbranched alkanes of at least 4 members (excludes halogenated alkanes) is 1. The zero-order valence-electron chi connectivity index (χ0n) is 25.7. The maximum absolute atomic E-state index is 12.4. The van der Waals surface area contributed by atoms with Crippen molar-refractivity contribution in [2.24, 2.45) is 23.2 Å². The van der Waals surface area contributed by atoms with Crippen LogP contribution in [0.5, 0.6) is 0 Å². The van der Waals surface area contributed by atoms with Gasteiger partial charge in [0.25, 0.3) is 0 Å². The van der Waals surface area contributed by atoms with Crippen molar-refractivity contribution in [2.75, 3.05) is 6.61 Å². The summed E-state index contributed by atoms with van der Waals surface area (Å²) in [4.78, 5) is 45.1. The number of epoxide rings is 3. The number of rotatable bonds is 16. The highest BCUT2D eigenvalue weighted by Gasteiger charge is 2.50. The second kappa shape index (κ2) is 14.9. The topological polar surface area (TPSA) is 176 Å². The molecule has 0 aromatic heterocycles. The summed E-state index contributed by atoms with van der Waals surface area (Å²) in [6.07, 6.45) is 15.5. The zero-order valence-corrected chi connectivity index (χ0v) is 25.7. The van der Waals surface area contributed by atoms with Crippen LogP contribution in [0.15, 0.2) is 0 Å². The number of aliphatic carboxylic acids is 3. The smallest absolute Gasteiger partial charge is 0.309 e. The third kappa shape index (κ3) is 9.88. The van der Waals surface area contributed by atoms with Gasteiger partial charge in [-0.2, -0.15) is 0 Å². The predicted octanol–water partition coefficient (Wildman–Crippen LogP) is 4.97. The highest BCUT2D eigenvalue weighted by Crippen LogP contribution is 2.50. The largest absolute Gasteiger partial charge is 0.481 e. The maximum Gasteiger partial charge on any atom is 0.309 e. The molecule has 9 atom stereocenters. The van der Waals surface area contributed by atoms with Gasteiger partial charge in [-0.15, -0.1) is 0 Å². The van der Waals surface area contributed by atoms with E-state index in [-0.39, 0.29) is 18.8 Å². The van der Waals surface area contributed by atoms with Crippen molar-refractivity contribution in [1.29, 1.82) is 0 Å². The Bertz CT molecular complexity index is 999. The highest BCUT2D eigenvalue weighted by molar-refractivity contribution is 5.75. The Kier molecular flexibility index (Phi) is 11.2. The monoisotopic (exact) mass is 622 g/mol. The molecule has 3 aliphatic heterocycles. The van der Waals surface area contributed by atoms with Gasteiger partial charge in [0.1, 0.15) is 0 Å². The van der Waals surface area contributed by atoms with Crippen molar-refractivity contribution in [3.8, 4) is 0 Å². The molecular weight excluding hydrogens is 572 g/mol. The van der Waals surface area contributed by atoms with Crippen LogP contribution < -0.4 is 0 Å². The molecule has 11 nitrogen and oxygen atoms in total. The van der Waals surface area contributed by atoms with Crippen LogP contribution in [0.2, 0.25) is 0 Å². The van der Waals surface area contributed by atoms with E-state index in [0.717, 1.165) is 57.8 Å². The molecule has 44 heavy (non-hydrogen) atoms. The third-order valence-electron chi connectivity index (χ3n) is 10.7. The first-order valence-electron chi connectivity index (χ1n) is 16.9. The van der Waals surface area contributed by atoms with Crippen LogP contribution in [-0.2, 0) is 38.1 Å². The summed E-state index contributed by atoms with van der Waals surface area (Å²) in [6.45, 7) is 0.490. The van der Waals surface area contributed by atoms with Gasteiger partial charge in [-0.3, -0.25) is 19.2 Å². The quantitative estimate of drug-likeness (QED) is 0.120. The number of fused-ring (bicyclic) bond motifs is 3. The fourth-order valence-corrected chi connectivity index (χ4v) is 8.06. The molecule has 3 saturated carbocycles. The first kappa shape index (κ1) is 33.1. The van der Waals surface area contributed by atoms with Crippen molar-refractivity contribution < 1.29 is 53.4 Å². The molecule has 3 saturated heterocycles. The molecule has 6 rings (SSSR count). The van der Waals surface area contributed by atoms with E-state index in [1.165, 1.54) is 0 Å². The van der Waals surface area contributed by atoms with Crippen molar-refractivity contribution in [3.63, 3.8) is 0 Å². The molecule has 0 radical (unpaired) electrons. The van der Waals surface area contributed by atoms with Crippen LogP contribution >= 0.6 is 0 Å². The molecule has 0 spiro atoms. The van der Waals surface area contributed by atoms with E-state index in [0.29, 0.717) is 106 Å². The lowest BCUT2D eigenvalue weighted by Crippen LogP contribution is -2.37. The van der Waals surface area contributed by atoms with Crippen LogP contribution in [0, 0.1) is 23.2 Å². The first-order valence-corrected chi connectivity index (χ1v) is 16.9. The van der Waals surface area contributed by atoms with Gasteiger partial charge in [0, 0.05) is 19.3 Å². The molecule has 3 heterocycles. The summed E-state index contributed by atoms with van der Waals surface area (Å²) >= 11 is 0. The van der Waals surface area contributed by atoms with E-state index in [1.807, 2.05) is 0 Å². The van der Waals surface area contributed by atoms with Crippen LogP contribution in [0.1, 0.15) is 116 Å². The van der Waals surface area contributed by atoms with Gasteiger partial charge in [-0.1, -0.05) is 0 Å². The lowest BCUT2D eigenvalue weighted by atomic mass is 9.66. The van der Waals surface area contributed by atoms with Gasteiger partial charge in [0.2, 0.25) is 0 Å². The minimum absolute atomic E-state index is 0.0476. The average Bonchev–Trinajstić information content (AvgIpc) is 3.86. The van der Waals surface area contributed by atoms with Crippen molar-refractivity contribution in [1.82, 2.24) is 0 Å². The van der Waals surface area contributed by atoms with E-state index < -0.39 is 23.3 Å². The molecule has 0 aromatic carbocycles. The zero-order chi connectivity index (χ0) is 31.3. The Labute approximate surface area is 259 Å². The molecule has 11 heteroatoms. The van der Waals surface area contributed by atoms with Crippen LogP contribution in [0.3, 0.4) is 0 Å². The van der Waals surface area contributed by atoms with E-state index in [4.69, 9.17) is 29.2 Å². The Hall–Kier alpha value is -2.24. The second-order valence-electron chi connectivity index (χ2n) is 14.2. The van der Waals surface area contributed by atoms with E-state index >= 15 is 0 Å². The molecule has 0 aromatic rings. The Morgan fingerprint density at radius 3 is 1.52 bits per heavy atom. The Morgan fingerprint density at radius 1 is 0.591 bits per heavy atom. The fourth-order valence-electron chi connectivity index (χ4n) is 8.06. The Balaban J connectivity index is 0.000000187. The molecule has 0 bridgehead atoms. The van der Waals surface area contributed by atoms with Gasteiger partial charge in [-0.05, 0) is 114 Å². The van der Waals surface area contributed by atoms with Gasteiger partial charge in [0.15, 0.2) is 0 Å². The average molecular weight is 623 g/mol. The van der Waals surface area contributed by atoms with Gasteiger partial charge < -0.3 is 34.3 Å². The summed E-state index contributed by atoms with van der Waals surface area (Å²) in [6, 6.07) is 0. The van der Waals surface area contributed by atoms with Gasteiger partial charge in [-0.25, -0.2) is 0 Å². The SMILES string of the molecule is O=C(O)CCCC(CC1CCC2OC2C1)(CC1CCC2OC2C1)C(=O)O.O=C(O)CCCCC(=O)OCC1CCC2OC2C1. The maximum atomic E-state index is 12.4. The van der Waals surface area contributed by atoms with Crippen molar-refractivity contribution in [2.45, 2.75) is 152 Å². The fraction of sp³-hybridized carbons (Fsp3) is 0.879. The van der Waals surface area contributed by atoms with Crippen LogP contribution in [0.4, 0.5) is 0 Å². The minimum atomic E-state index is -0.844. The molecule has 3 aliphatic carbocycles. The molecular formula is C33H50O11. The number of esters is 1.